The zero-order valence-corrected chi connectivity index (χ0v) is 13.9. The monoisotopic (exact) mass is 313 g/mol. The van der Waals surface area contributed by atoms with Gasteiger partial charge in [-0.05, 0) is 34.1 Å². The van der Waals surface area contributed by atoms with E-state index >= 15 is 0 Å². The maximum atomic E-state index is 12.0. The average Bonchev–Trinajstić information content (AvgIpc) is 2.82. The summed E-state index contributed by atoms with van der Waals surface area (Å²) in [5.41, 5.74) is -0.337. The van der Waals surface area contributed by atoms with Crippen molar-refractivity contribution in [1.82, 2.24) is 20.8 Å². The van der Waals surface area contributed by atoms with E-state index in [0.29, 0.717) is 5.13 Å². The Morgan fingerprint density at radius 2 is 1.95 bits per heavy atom. The van der Waals surface area contributed by atoms with Gasteiger partial charge in [-0.2, -0.15) is 0 Å². The van der Waals surface area contributed by atoms with Crippen molar-refractivity contribution in [2.75, 3.05) is 11.9 Å². The number of rotatable bonds is 6. The summed E-state index contributed by atoms with van der Waals surface area (Å²) in [4.78, 5) is 23.9. The van der Waals surface area contributed by atoms with Gasteiger partial charge in [0.2, 0.25) is 16.0 Å². The highest BCUT2D eigenvalue weighted by Crippen LogP contribution is 2.15. The maximum Gasteiger partial charge on any atom is 0.282 e. The molecule has 0 aliphatic heterocycles. The van der Waals surface area contributed by atoms with E-state index in [1.54, 1.807) is 6.92 Å². The molecule has 0 aromatic carbocycles. The molecule has 0 fully saturated rings. The minimum absolute atomic E-state index is 0.232. The molecule has 0 saturated carbocycles. The fourth-order valence-corrected chi connectivity index (χ4v) is 2.09. The van der Waals surface area contributed by atoms with Crippen LogP contribution in [0.25, 0.3) is 0 Å². The Kier molecular flexibility index (Phi) is 6.07. The topological polar surface area (TPSA) is 96.0 Å². The largest absolute Gasteiger partial charge is 0.360 e. The fourth-order valence-electron chi connectivity index (χ4n) is 1.42. The highest BCUT2D eigenvalue weighted by atomic mass is 32.1. The van der Waals surface area contributed by atoms with Crippen LogP contribution in [-0.4, -0.2) is 40.1 Å². The average molecular weight is 313 g/mol. The van der Waals surface area contributed by atoms with Crippen LogP contribution in [0.3, 0.4) is 0 Å². The third-order valence-electron chi connectivity index (χ3n) is 2.38. The number of anilines is 1. The van der Waals surface area contributed by atoms with Crippen LogP contribution in [0.15, 0.2) is 0 Å². The summed E-state index contributed by atoms with van der Waals surface area (Å²) in [6.45, 7) is 10.1. The van der Waals surface area contributed by atoms with Crippen LogP contribution in [0.2, 0.25) is 0 Å². The second kappa shape index (κ2) is 7.35. The van der Waals surface area contributed by atoms with Gasteiger partial charge in [0.15, 0.2) is 0 Å². The van der Waals surface area contributed by atoms with E-state index in [0.717, 1.165) is 13.0 Å². The number of carbonyl (C=O) groups excluding carboxylic acids is 2. The molecular formula is C13H23N5O2S. The second-order valence-electron chi connectivity index (χ2n) is 5.77. The SMILES string of the molecule is CCCNc1nnc(C(=O)NC(C)C(=O)NC(C)(C)C)s1. The summed E-state index contributed by atoms with van der Waals surface area (Å²) < 4.78 is 0. The van der Waals surface area contributed by atoms with Crippen molar-refractivity contribution in [2.45, 2.75) is 52.6 Å². The van der Waals surface area contributed by atoms with Gasteiger partial charge in [-0.25, -0.2) is 0 Å². The Morgan fingerprint density at radius 1 is 1.29 bits per heavy atom. The first-order valence-corrected chi connectivity index (χ1v) is 7.75. The van der Waals surface area contributed by atoms with Crippen LogP contribution in [-0.2, 0) is 4.79 Å². The molecule has 0 saturated heterocycles. The van der Waals surface area contributed by atoms with Gasteiger partial charge in [0.05, 0.1) is 0 Å². The van der Waals surface area contributed by atoms with Crippen molar-refractivity contribution in [3.05, 3.63) is 5.01 Å². The molecule has 118 valence electrons. The van der Waals surface area contributed by atoms with Crippen molar-refractivity contribution in [2.24, 2.45) is 0 Å². The Bertz CT molecular complexity index is 495. The Balaban J connectivity index is 2.56. The molecule has 0 spiro atoms. The minimum atomic E-state index is -0.632. The first-order valence-electron chi connectivity index (χ1n) is 6.93. The predicted molar refractivity (Wildman–Crippen MR) is 83.5 cm³/mol. The number of carbonyl (C=O) groups is 2. The van der Waals surface area contributed by atoms with E-state index in [1.807, 2.05) is 27.7 Å². The molecule has 0 bridgehead atoms. The molecule has 1 heterocycles. The van der Waals surface area contributed by atoms with Gasteiger partial charge >= 0.3 is 0 Å². The molecule has 1 aromatic heterocycles. The molecule has 3 N–H and O–H groups in total. The lowest BCUT2D eigenvalue weighted by Crippen LogP contribution is -2.50. The van der Waals surface area contributed by atoms with Crippen molar-refractivity contribution in [1.29, 1.82) is 0 Å². The minimum Gasteiger partial charge on any atom is -0.360 e. The molecule has 7 nitrogen and oxygen atoms in total. The van der Waals surface area contributed by atoms with E-state index in [-0.39, 0.29) is 16.5 Å². The standard InChI is InChI=1S/C13H23N5O2S/c1-6-7-14-12-18-17-11(21-12)10(20)15-8(2)9(19)16-13(3,4)5/h8H,6-7H2,1-5H3,(H,14,18)(H,15,20)(H,16,19). The van der Waals surface area contributed by atoms with Gasteiger partial charge in [-0.1, -0.05) is 18.3 Å². The van der Waals surface area contributed by atoms with Crippen molar-refractivity contribution in [3.8, 4) is 0 Å². The molecule has 1 rings (SSSR count). The molecule has 0 aliphatic rings. The van der Waals surface area contributed by atoms with Crippen LogP contribution in [0.4, 0.5) is 5.13 Å². The number of nitrogens with one attached hydrogen (secondary N) is 3. The number of nitrogens with zero attached hydrogens (tertiary/aromatic N) is 2. The van der Waals surface area contributed by atoms with E-state index in [1.165, 1.54) is 11.3 Å². The van der Waals surface area contributed by atoms with Gasteiger partial charge < -0.3 is 16.0 Å². The summed E-state index contributed by atoms with van der Waals surface area (Å²) >= 11 is 1.17. The quantitative estimate of drug-likeness (QED) is 0.737. The summed E-state index contributed by atoms with van der Waals surface area (Å²) in [7, 11) is 0. The molecule has 1 atom stereocenters. The van der Waals surface area contributed by atoms with Crippen molar-refractivity contribution in [3.63, 3.8) is 0 Å². The summed E-state index contributed by atoms with van der Waals surface area (Å²) in [5.74, 6) is -0.627. The molecule has 0 radical (unpaired) electrons. The van der Waals surface area contributed by atoms with Crippen LogP contribution in [0, 0.1) is 0 Å². The first-order chi connectivity index (χ1) is 9.73. The fraction of sp³-hybridized carbons (Fsp3) is 0.692. The van der Waals surface area contributed by atoms with Crippen LogP contribution < -0.4 is 16.0 Å². The van der Waals surface area contributed by atoms with Gasteiger partial charge in [0.1, 0.15) is 6.04 Å². The Hall–Kier alpha value is -1.70. The first kappa shape index (κ1) is 17.4. The number of aromatic nitrogens is 2. The van der Waals surface area contributed by atoms with Gasteiger partial charge in [-0.15, -0.1) is 10.2 Å². The van der Waals surface area contributed by atoms with E-state index in [9.17, 15) is 9.59 Å². The smallest absolute Gasteiger partial charge is 0.282 e. The highest BCUT2D eigenvalue weighted by Gasteiger charge is 2.22. The van der Waals surface area contributed by atoms with E-state index in [2.05, 4.69) is 26.1 Å². The second-order valence-corrected chi connectivity index (χ2v) is 6.75. The molecule has 2 amide bonds. The van der Waals surface area contributed by atoms with Crippen LogP contribution >= 0.6 is 11.3 Å². The number of hydrogen-bond donors (Lipinski definition) is 3. The predicted octanol–water partition coefficient (Wildman–Crippen LogP) is 1.39. The van der Waals surface area contributed by atoms with Crippen molar-refractivity contribution < 1.29 is 9.59 Å². The molecule has 1 unspecified atom stereocenters. The normalized spacial score (nSPS) is 12.6. The van der Waals surface area contributed by atoms with Crippen LogP contribution in [0.5, 0.6) is 0 Å². The molecule has 1 aromatic rings. The number of hydrogen-bond acceptors (Lipinski definition) is 6. The third-order valence-corrected chi connectivity index (χ3v) is 3.26. The van der Waals surface area contributed by atoms with Gasteiger partial charge in [0, 0.05) is 12.1 Å². The molecule has 21 heavy (non-hydrogen) atoms. The highest BCUT2D eigenvalue weighted by molar-refractivity contribution is 7.17. The zero-order valence-electron chi connectivity index (χ0n) is 13.1. The third kappa shape index (κ3) is 6.07. The maximum absolute atomic E-state index is 12.0. The van der Waals surface area contributed by atoms with E-state index < -0.39 is 11.9 Å². The lowest BCUT2D eigenvalue weighted by atomic mass is 10.1. The van der Waals surface area contributed by atoms with Crippen LogP contribution in [0.1, 0.15) is 50.8 Å². The Morgan fingerprint density at radius 3 is 2.52 bits per heavy atom. The summed E-state index contributed by atoms with van der Waals surface area (Å²) in [5, 5.41) is 17.0. The zero-order chi connectivity index (χ0) is 16.0. The summed E-state index contributed by atoms with van der Waals surface area (Å²) in [6.07, 6.45) is 0.963. The molecule has 0 aliphatic carbocycles. The Labute approximate surface area is 128 Å². The number of amides is 2. The lowest BCUT2D eigenvalue weighted by Gasteiger charge is -2.23. The summed E-state index contributed by atoms with van der Waals surface area (Å²) in [6, 6.07) is -0.632. The van der Waals surface area contributed by atoms with Gasteiger partial charge in [0.25, 0.3) is 5.91 Å². The van der Waals surface area contributed by atoms with Gasteiger partial charge in [-0.3, -0.25) is 9.59 Å². The van der Waals surface area contributed by atoms with Crippen molar-refractivity contribution >= 4 is 28.3 Å². The van der Waals surface area contributed by atoms with E-state index in [4.69, 9.17) is 0 Å². The molecular weight excluding hydrogens is 290 g/mol. The lowest BCUT2D eigenvalue weighted by molar-refractivity contribution is -0.124. The molecule has 8 heteroatoms.